The van der Waals surface area contributed by atoms with E-state index in [0.717, 1.165) is 6.42 Å². The number of hydrogen-bond acceptors (Lipinski definition) is 2. The van der Waals surface area contributed by atoms with Crippen molar-refractivity contribution in [3.05, 3.63) is 0 Å². The predicted octanol–water partition coefficient (Wildman–Crippen LogP) is 2.19. The normalized spacial score (nSPS) is 9.11. The molecule has 0 fully saturated rings. The van der Waals surface area contributed by atoms with E-state index in [1.54, 1.807) is 6.92 Å². The van der Waals surface area contributed by atoms with Gasteiger partial charge in [-0.3, -0.25) is 5.41 Å². The summed E-state index contributed by atoms with van der Waals surface area (Å²) in [5, 5.41) is 6.91. The van der Waals surface area contributed by atoms with Gasteiger partial charge in [0.1, 0.15) is 0 Å². The van der Waals surface area contributed by atoms with Crippen LogP contribution < -0.4 is 0 Å². The molecule has 0 aliphatic heterocycles. The van der Waals surface area contributed by atoms with Crippen LogP contribution in [0.2, 0.25) is 0 Å². The zero-order valence-corrected chi connectivity index (χ0v) is 6.24. The Kier molecular flexibility index (Phi) is 5.27. The average Bonchev–Trinajstić information content (AvgIpc) is 1.80. The molecule has 0 spiro atoms. The molecule has 0 aromatic heterocycles. The monoisotopic (exact) mass is 129 g/mol. The van der Waals surface area contributed by atoms with Crippen LogP contribution in [0.3, 0.4) is 0 Å². The largest absolute Gasteiger partial charge is 0.481 e. The second-order valence-electron chi connectivity index (χ2n) is 2.11. The van der Waals surface area contributed by atoms with Crippen LogP contribution in [-0.2, 0) is 4.74 Å². The summed E-state index contributed by atoms with van der Waals surface area (Å²) in [5.74, 6) is 0.325. The van der Waals surface area contributed by atoms with Crippen LogP contribution in [0.1, 0.15) is 33.1 Å². The molecule has 9 heavy (non-hydrogen) atoms. The molecule has 54 valence electrons. The molecule has 0 aromatic rings. The van der Waals surface area contributed by atoms with Gasteiger partial charge >= 0.3 is 0 Å². The Morgan fingerprint density at radius 3 is 2.56 bits per heavy atom. The molecule has 0 unspecified atom stereocenters. The first-order valence-electron chi connectivity index (χ1n) is 3.45. The Morgan fingerprint density at radius 2 is 2.11 bits per heavy atom. The van der Waals surface area contributed by atoms with Crippen molar-refractivity contribution >= 4 is 5.90 Å². The number of hydrogen-bond donors (Lipinski definition) is 1. The molecule has 0 saturated heterocycles. The van der Waals surface area contributed by atoms with Crippen LogP contribution in [-0.4, -0.2) is 12.5 Å². The van der Waals surface area contributed by atoms with Crippen LogP contribution in [0, 0.1) is 5.41 Å². The Bertz CT molecular complexity index is 81.0. The van der Waals surface area contributed by atoms with E-state index in [1.807, 2.05) is 0 Å². The summed E-state index contributed by atoms with van der Waals surface area (Å²) in [6.07, 6.45) is 3.49. The maximum atomic E-state index is 6.91. The van der Waals surface area contributed by atoms with Gasteiger partial charge in [0.15, 0.2) is 5.90 Å². The molecule has 0 aliphatic rings. The predicted molar refractivity (Wildman–Crippen MR) is 38.9 cm³/mol. The fourth-order valence-corrected chi connectivity index (χ4v) is 0.577. The summed E-state index contributed by atoms with van der Waals surface area (Å²) in [4.78, 5) is 0. The number of ether oxygens (including phenoxy) is 1. The van der Waals surface area contributed by atoms with Gasteiger partial charge in [-0.15, -0.1) is 0 Å². The molecular weight excluding hydrogens is 114 g/mol. The lowest BCUT2D eigenvalue weighted by Crippen LogP contribution is -1.98. The van der Waals surface area contributed by atoms with Crippen LogP contribution in [0.25, 0.3) is 0 Å². The lowest BCUT2D eigenvalue weighted by atomic mass is 10.3. The van der Waals surface area contributed by atoms with Gasteiger partial charge in [-0.2, -0.15) is 0 Å². The Morgan fingerprint density at radius 1 is 1.44 bits per heavy atom. The Balaban J connectivity index is 2.83. The molecule has 2 nitrogen and oxygen atoms in total. The van der Waals surface area contributed by atoms with E-state index in [0.29, 0.717) is 12.5 Å². The second kappa shape index (κ2) is 5.60. The van der Waals surface area contributed by atoms with Gasteiger partial charge in [0.2, 0.25) is 0 Å². The topological polar surface area (TPSA) is 33.1 Å². The Labute approximate surface area is 56.7 Å². The van der Waals surface area contributed by atoms with Crippen LogP contribution in [0.5, 0.6) is 0 Å². The second-order valence-corrected chi connectivity index (χ2v) is 2.11. The van der Waals surface area contributed by atoms with E-state index in [4.69, 9.17) is 10.1 Å². The van der Waals surface area contributed by atoms with E-state index in [9.17, 15) is 0 Å². The molecular formula is C7H15NO. The minimum Gasteiger partial charge on any atom is -0.481 e. The van der Waals surface area contributed by atoms with Crippen molar-refractivity contribution in [2.75, 3.05) is 6.61 Å². The van der Waals surface area contributed by atoms with Gasteiger partial charge in [-0.05, 0) is 6.42 Å². The third kappa shape index (κ3) is 7.47. The Hall–Kier alpha value is -0.530. The summed E-state index contributed by atoms with van der Waals surface area (Å²) >= 11 is 0. The molecule has 0 rings (SSSR count). The van der Waals surface area contributed by atoms with Gasteiger partial charge in [0.05, 0.1) is 6.61 Å². The van der Waals surface area contributed by atoms with Crippen LogP contribution in [0.4, 0.5) is 0 Å². The van der Waals surface area contributed by atoms with Crippen LogP contribution >= 0.6 is 0 Å². The van der Waals surface area contributed by atoms with Crippen molar-refractivity contribution in [3.8, 4) is 0 Å². The minimum absolute atomic E-state index is 0.325. The van der Waals surface area contributed by atoms with Crippen LogP contribution in [0.15, 0.2) is 0 Å². The van der Waals surface area contributed by atoms with E-state index >= 15 is 0 Å². The lowest BCUT2D eigenvalue weighted by molar-refractivity contribution is 0.289. The number of unbranched alkanes of at least 4 members (excludes halogenated alkanes) is 2. The molecule has 0 aliphatic carbocycles. The van der Waals surface area contributed by atoms with Gasteiger partial charge in [-0.1, -0.05) is 19.8 Å². The van der Waals surface area contributed by atoms with Crippen molar-refractivity contribution in [1.29, 1.82) is 5.41 Å². The van der Waals surface area contributed by atoms with E-state index < -0.39 is 0 Å². The minimum atomic E-state index is 0.325. The first kappa shape index (κ1) is 8.47. The summed E-state index contributed by atoms with van der Waals surface area (Å²) in [7, 11) is 0. The number of rotatable bonds is 4. The lowest BCUT2D eigenvalue weighted by Gasteiger charge is -2.00. The van der Waals surface area contributed by atoms with Crippen molar-refractivity contribution < 1.29 is 4.74 Å². The quantitative estimate of drug-likeness (QED) is 0.352. The standard InChI is InChI=1S/C7H15NO/c1-3-4-5-6-9-7(2)8/h8H,3-6H2,1-2H3. The maximum absolute atomic E-state index is 6.91. The van der Waals surface area contributed by atoms with Gasteiger partial charge in [0.25, 0.3) is 0 Å². The summed E-state index contributed by atoms with van der Waals surface area (Å²) in [5.41, 5.74) is 0. The van der Waals surface area contributed by atoms with Gasteiger partial charge in [0, 0.05) is 6.92 Å². The highest BCUT2D eigenvalue weighted by atomic mass is 16.5. The number of nitrogens with one attached hydrogen (secondary N) is 1. The van der Waals surface area contributed by atoms with Gasteiger partial charge < -0.3 is 4.74 Å². The third-order valence-corrected chi connectivity index (χ3v) is 1.07. The zero-order chi connectivity index (χ0) is 7.11. The zero-order valence-electron chi connectivity index (χ0n) is 6.24. The summed E-state index contributed by atoms with van der Waals surface area (Å²) in [6, 6.07) is 0. The summed E-state index contributed by atoms with van der Waals surface area (Å²) in [6.45, 7) is 4.52. The fourth-order valence-electron chi connectivity index (χ4n) is 0.577. The van der Waals surface area contributed by atoms with E-state index in [1.165, 1.54) is 12.8 Å². The first-order valence-corrected chi connectivity index (χ1v) is 3.45. The van der Waals surface area contributed by atoms with E-state index in [-0.39, 0.29) is 0 Å². The highest BCUT2D eigenvalue weighted by molar-refractivity contribution is 5.69. The molecule has 0 amide bonds. The molecule has 0 bridgehead atoms. The highest BCUT2D eigenvalue weighted by Crippen LogP contribution is 1.93. The summed E-state index contributed by atoms with van der Waals surface area (Å²) < 4.78 is 4.93. The van der Waals surface area contributed by atoms with Gasteiger partial charge in [-0.25, -0.2) is 0 Å². The maximum Gasteiger partial charge on any atom is 0.177 e. The molecule has 2 heteroatoms. The van der Waals surface area contributed by atoms with Crippen molar-refractivity contribution in [2.45, 2.75) is 33.1 Å². The highest BCUT2D eigenvalue weighted by Gasteiger charge is 1.86. The fraction of sp³-hybridized carbons (Fsp3) is 0.857. The van der Waals surface area contributed by atoms with Crippen molar-refractivity contribution in [2.24, 2.45) is 0 Å². The SMILES string of the molecule is CCCCCOC(C)=N. The molecule has 1 N–H and O–H groups in total. The van der Waals surface area contributed by atoms with E-state index in [2.05, 4.69) is 6.92 Å². The third-order valence-electron chi connectivity index (χ3n) is 1.07. The molecule has 0 atom stereocenters. The molecule has 0 radical (unpaired) electrons. The first-order chi connectivity index (χ1) is 4.27. The molecule has 0 heterocycles. The molecule has 0 aromatic carbocycles. The van der Waals surface area contributed by atoms with Crippen molar-refractivity contribution in [1.82, 2.24) is 0 Å². The van der Waals surface area contributed by atoms with Crippen molar-refractivity contribution in [3.63, 3.8) is 0 Å². The smallest absolute Gasteiger partial charge is 0.177 e. The average molecular weight is 129 g/mol. The molecule has 0 saturated carbocycles.